The van der Waals surface area contributed by atoms with E-state index in [1.165, 1.54) is 13.3 Å². The topological polar surface area (TPSA) is 70.2 Å². The van der Waals surface area contributed by atoms with Crippen LogP contribution in [0.2, 0.25) is 0 Å². The summed E-state index contributed by atoms with van der Waals surface area (Å²) in [5, 5.41) is 8.82. The first-order valence-corrected chi connectivity index (χ1v) is 7.28. The van der Waals surface area contributed by atoms with Crippen LogP contribution in [0.1, 0.15) is 33.6 Å². The lowest BCUT2D eigenvalue weighted by atomic mass is 9.67. The van der Waals surface area contributed by atoms with Gasteiger partial charge in [0.25, 0.3) is 0 Å². The van der Waals surface area contributed by atoms with Crippen LogP contribution in [0.5, 0.6) is 0 Å². The highest BCUT2D eigenvalue weighted by molar-refractivity contribution is 5.93. The zero-order valence-electron chi connectivity index (χ0n) is 12.8. The molecule has 1 saturated carbocycles. The van der Waals surface area contributed by atoms with Crippen molar-refractivity contribution in [3.63, 3.8) is 0 Å². The fraction of sp³-hybridized carbons (Fsp3) is 0.500. The highest BCUT2D eigenvalue weighted by Crippen LogP contribution is 2.39. The molecule has 0 aromatic heterocycles. The summed E-state index contributed by atoms with van der Waals surface area (Å²) >= 11 is 0. The number of carbonyl (C=O) groups is 2. The van der Waals surface area contributed by atoms with E-state index in [9.17, 15) is 9.59 Å². The number of hydrogen-bond donors (Lipinski definition) is 3. The van der Waals surface area contributed by atoms with E-state index in [0.29, 0.717) is 18.0 Å². The molecule has 2 rings (SSSR count). The molecule has 1 aliphatic carbocycles. The van der Waals surface area contributed by atoms with Gasteiger partial charge in [0.05, 0.1) is 6.54 Å². The second-order valence-corrected chi connectivity index (χ2v) is 6.27. The maximum absolute atomic E-state index is 11.9. The van der Waals surface area contributed by atoms with Gasteiger partial charge in [0.2, 0.25) is 11.8 Å². The van der Waals surface area contributed by atoms with Gasteiger partial charge in [0.15, 0.2) is 0 Å². The number of anilines is 2. The summed E-state index contributed by atoms with van der Waals surface area (Å²) in [5.41, 5.74) is 1.74. The van der Waals surface area contributed by atoms with Gasteiger partial charge < -0.3 is 16.0 Å². The lowest BCUT2D eigenvalue weighted by molar-refractivity contribution is -0.116. The fourth-order valence-corrected chi connectivity index (χ4v) is 2.51. The summed E-state index contributed by atoms with van der Waals surface area (Å²) in [6.45, 7) is 6.21. The molecule has 1 unspecified atom stereocenters. The average Bonchev–Trinajstić information content (AvgIpc) is 2.39. The van der Waals surface area contributed by atoms with E-state index in [-0.39, 0.29) is 11.8 Å². The fourth-order valence-electron chi connectivity index (χ4n) is 2.51. The van der Waals surface area contributed by atoms with E-state index in [1.54, 1.807) is 24.3 Å². The van der Waals surface area contributed by atoms with Gasteiger partial charge in [-0.25, -0.2) is 0 Å². The van der Waals surface area contributed by atoms with Crippen LogP contribution in [0.3, 0.4) is 0 Å². The Morgan fingerprint density at radius 1 is 1.14 bits per heavy atom. The van der Waals surface area contributed by atoms with Crippen LogP contribution in [0.15, 0.2) is 24.3 Å². The number of carbonyl (C=O) groups excluding carboxylic acids is 2. The minimum absolute atomic E-state index is 0.0509. The van der Waals surface area contributed by atoms with Crippen LogP contribution in [0.4, 0.5) is 11.4 Å². The minimum Gasteiger partial charge on any atom is -0.326 e. The van der Waals surface area contributed by atoms with Crippen LogP contribution in [0, 0.1) is 5.41 Å². The van der Waals surface area contributed by atoms with Crippen molar-refractivity contribution in [2.75, 3.05) is 17.2 Å². The molecule has 21 heavy (non-hydrogen) atoms. The van der Waals surface area contributed by atoms with Crippen molar-refractivity contribution in [1.29, 1.82) is 0 Å². The normalized spacial score (nSPS) is 19.5. The van der Waals surface area contributed by atoms with Gasteiger partial charge in [0, 0.05) is 24.3 Å². The molecule has 0 radical (unpaired) electrons. The molecule has 5 heteroatoms. The van der Waals surface area contributed by atoms with Gasteiger partial charge in [-0.3, -0.25) is 9.59 Å². The summed E-state index contributed by atoms with van der Waals surface area (Å²) in [6, 6.07) is 7.50. The third-order valence-corrected chi connectivity index (χ3v) is 4.02. The number of benzene rings is 1. The maximum Gasteiger partial charge on any atom is 0.238 e. The Labute approximate surface area is 125 Å². The van der Waals surface area contributed by atoms with Gasteiger partial charge in [-0.15, -0.1) is 0 Å². The first-order valence-electron chi connectivity index (χ1n) is 7.28. The molecule has 1 aromatic carbocycles. The number of hydrogen-bond acceptors (Lipinski definition) is 3. The van der Waals surface area contributed by atoms with Crippen LogP contribution in [0.25, 0.3) is 0 Å². The van der Waals surface area contributed by atoms with Crippen LogP contribution in [-0.2, 0) is 9.59 Å². The van der Waals surface area contributed by atoms with Gasteiger partial charge >= 0.3 is 0 Å². The van der Waals surface area contributed by atoms with E-state index >= 15 is 0 Å². The van der Waals surface area contributed by atoms with Gasteiger partial charge in [0.1, 0.15) is 0 Å². The molecule has 0 spiro atoms. The maximum atomic E-state index is 11.9. The van der Waals surface area contributed by atoms with E-state index in [2.05, 4.69) is 29.8 Å². The predicted molar refractivity (Wildman–Crippen MR) is 84.2 cm³/mol. The zero-order valence-corrected chi connectivity index (χ0v) is 12.8. The molecule has 0 heterocycles. The van der Waals surface area contributed by atoms with Crippen molar-refractivity contribution in [3.8, 4) is 0 Å². The second-order valence-electron chi connectivity index (χ2n) is 6.27. The molecule has 114 valence electrons. The van der Waals surface area contributed by atoms with Gasteiger partial charge in [-0.2, -0.15) is 0 Å². The van der Waals surface area contributed by atoms with E-state index in [0.717, 1.165) is 17.8 Å². The minimum atomic E-state index is -0.112. The standard InChI is InChI=1S/C16H23N3O2/c1-11(20)18-12-4-6-13(7-5-12)19-15(21)10-17-14-8-9-16(14,2)3/h4-7,14,17H,8-10H2,1-3H3,(H,18,20)(H,19,21). The summed E-state index contributed by atoms with van der Waals surface area (Å²) in [6.07, 6.45) is 2.34. The summed E-state index contributed by atoms with van der Waals surface area (Å²) in [5.74, 6) is -0.163. The number of rotatable bonds is 5. The molecule has 0 aliphatic heterocycles. The highest BCUT2D eigenvalue weighted by atomic mass is 16.2. The Morgan fingerprint density at radius 3 is 2.14 bits per heavy atom. The zero-order chi connectivity index (χ0) is 15.5. The lowest BCUT2D eigenvalue weighted by Crippen LogP contribution is -2.51. The molecule has 2 amide bonds. The van der Waals surface area contributed by atoms with Crippen LogP contribution < -0.4 is 16.0 Å². The van der Waals surface area contributed by atoms with Gasteiger partial charge in [-0.05, 0) is 42.5 Å². The lowest BCUT2D eigenvalue weighted by Gasteiger charge is -2.45. The Morgan fingerprint density at radius 2 is 1.71 bits per heavy atom. The van der Waals surface area contributed by atoms with E-state index < -0.39 is 0 Å². The predicted octanol–water partition coefficient (Wildman–Crippen LogP) is 2.36. The van der Waals surface area contributed by atoms with E-state index in [1.807, 2.05) is 0 Å². The Balaban J connectivity index is 1.78. The molecule has 3 N–H and O–H groups in total. The quantitative estimate of drug-likeness (QED) is 0.779. The summed E-state index contributed by atoms with van der Waals surface area (Å²) < 4.78 is 0. The largest absolute Gasteiger partial charge is 0.326 e. The molecule has 1 aromatic rings. The molecule has 1 atom stereocenters. The van der Waals surface area contributed by atoms with Crippen molar-refractivity contribution in [3.05, 3.63) is 24.3 Å². The summed E-state index contributed by atoms with van der Waals surface area (Å²) in [7, 11) is 0. The van der Waals surface area contributed by atoms with E-state index in [4.69, 9.17) is 0 Å². The second kappa shape index (κ2) is 6.26. The van der Waals surface area contributed by atoms with Crippen LogP contribution in [-0.4, -0.2) is 24.4 Å². The Hall–Kier alpha value is -1.88. The molecular weight excluding hydrogens is 266 g/mol. The molecular formula is C16H23N3O2. The smallest absolute Gasteiger partial charge is 0.238 e. The van der Waals surface area contributed by atoms with Crippen molar-refractivity contribution in [1.82, 2.24) is 5.32 Å². The van der Waals surface area contributed by atoms with Crippen molar-refractivity contribution < 1.29 is 9.59 Å². The Kier molecular flexibility index (Phi) is 4.63. The third-order valence-electron chi connectivity index (χ3n) is 4.02. The Bertz CT molecular complexity index is 523. The third kappa shape index (κ3) is 4.29. The first kappa shape index (κ1) is 15.5. The number of nitrogens with one attached hydrogen (secondary N) is 3. The molecule has 5 nitrogen and oxygen atoms in total. The molecule has 0 saturated heterocycles. The first-order chi connectivity index (χ1) is 9.87. The van der Waals surface area contributed by atoms with Crippen molar-refractivity contribution in [2.45, 2.75) is 39.7 Å². The molecule has 1 fully saturated rings. The number of amides is 2. The summed E-state index contributed by atoms with van der Waals surface area (Å²) in [4.78, 5) is 22.8. The SMILES string of the molecule is CC(=O)Nc1ccc(NC(=O)CNC2CCC2(C)C)cc1. The molecule has 1 aliphatic rings. The monoisotopic (exact) mass is 289 g/mol. The molecule has 0 bridgehead atoms. The van der Waals surface area contributed by atoms with Gasteiger partial charge in [-0.1, -0.05) is 13.8 Å². The van der Waals surface area contributed by atoms with Crippen molar-refractivity contribution >= 4 is 23.2 Å². The highest BCUT2D eigenvalue weighted by Gasteiger charge is 2.37. The van der Waals surface area contributed by atoms with Crippen LogP contribution >= 0.6 is 0 Å². The average molecular weight is 289 g/mol. The van der Waals surface area contributed by atoms with Crippen molar-refractivity contribution in [2.24, 2.45) is 5.41 Å².